The lowest BCUT2D eigenvalue weighted by atomic mass is 9.85. The molecule has 2 rings (SSSR count). The topological polar surface area (TPSA) is 83.3 Å². The van der Waals surface area contributed by atoms with Crippen LogP contribution in [0.1, 0.15) is 77.3 Å². The molecule has 1 saturated carbocycles. The van der Waals surface area contributed by atoms with E-state index in [1.54, 1.807) is 0 Å². The quantitative estimate of drug-likeness (QED) is 0.459. The van der Waals surface area contributed by atoms with Crippen molar-refractivity contribution in [3.63, 3.8) is 0 Å². The smallest absolute Gasteiger partial charge is 0.223 e. The van der Waals surface area contributed by atoms with Gasteiger partial charge >= 0.3 is 0 Å². The van der Waals surface area contributed by atoms with Crippen LogP contribution in [0.5, 0.6) is 0 Å². The number of amides is 1. The van der Waals surface area contributed by atoms with Crippen molar-refractivity contribution in [1.29, 1.82) is 0 Å². The molecule has 0 bridgehead atoms. The maximum absolute atomic E-state index is 12.4. The second-order valence-electron chi connectivity index (χ2n) is 8.27. The molecule has 0 aliphatic heterocycles. The minimum absolute atomic E-state index is 0.0863. The number of aliphatic imine (C=N–C) groups is 1. The third-order valence-corrected chi connectivity index (χ3v) is 5.58. The van der Waals surface area contributed by atoms with Gasteiger partial charge in [-0.2, -0.15) is 5.10 Å². The average molecular weight is 405 g/mol. The predicted molar refractivity (Wildman–Crippen MR) is 119 cm³/mol. The second-order valence-corrected chi connectivity index (χ2v) is 8.27. The molecule has 29 heavy (non-hydrogen) atoms. The Morgan fingerprint density at radius 1 is 1.24 bits per heavy atom. The summed E-state index contributed by atoms with van der Waals surface area (Å²) in [6.45, 7) is 11.8. The molecule has 164 valence electrons. The molecule has 1 aromatic heterocycles. The largest absolute Gasteiger partial charge is 0.357 e. The van der Waals surface area contributed by atoms with Crippen LogP contribution in [0.25, 0.3) is 0 Å². The van der Waals surface area contributed by atoms with Crippen molar-refractivity contribution in [2.45, 2.75) is 91.8 Å². The Hall–Kier alpha value is -2.05. The Balaban J connectivity index is 2.07. The number of aryl methyl sites for hydroxylation is 2. The highest BCUT2D eigenvalue weighted by molar-refractivity contribution is 5.81. The SMILES string of the molecule is CCNC(=NCc1c(CC)nn(C)c1CC)NC1CCCC(C(=O)NC(C)C)C1. The summed E-state index contributed by atoms with van der Waals surface area (Å²) in [4.78, 5) is 17.3. The van der Waals surface area contributed by atoms with Gasteiger partial charge in [-0.1, -0.05) is 20.3 Å². The van der Waals surface area contributed by atoms with Crippen molar-refractivity contribution >= 4 is 11.9 Å². The molecule has 2 unspecified atom stereocenters. The third kappa shape index (κ3) is 6.47. The second kappa shape index (κ2) is 11.2. The normalized spacial score (nSPS) is 20.0. The lowest BCUT2D eigenvalue weighted by Crippen LogP contribution is -2.47. The lowest BCUT2D eigenvalue weighted by molar-refractivity contribution is -0.126. The molecule has 1 amide bonds. The molecule has 7 heteroatoms. The first kappa shape index (κ1) is 23.2. The Morgan fingerprint density at radius 2 is 2.00 bits per heavy atom. The summed E-state index contributed by atoms with van der Waals surface area (Å²) in [6, 6.07) is 0.462. The van der Waals surface area contributed by atoms with Crippen molar-refractivity contribution in [3.05, 3.63) is 17.0 Å². The summed E-state index contributed by atoms with van der Waals surface area (Å²) in [6.07, 6.45) is 5.83. The van der Waals surface area contributed by atoms with Gasteiger partial charge in [0.2, 0.25) is 5.91 Å². The Morgan fingerprint density at radius 3 is 2.62 bits per heavy atom. The summed E-state index contributed by atoms with van der Waals surface area (Å²) in [7, 11) is 2.01. The first-order chi connectivity index (χ1) is 13.9. The Kier molecular flexibility index (Phi) is 8.99. The van der Waals surface area contributed by atoms with Crippen molar-refractivity contribution in [1.82, 2.24) is 25.7 Å². The van der Waals surface area contributed by atoms with Gasteiger partial charge < -0.3 is 16.0 Å². The van der Waals surface area contributed by atoms with Gasteiger partial charge in [-0.05, 0) is 52.9 Å². The molecule has 2 atom stereocenters. The fourth-order valence-corrected chi connectivity index (χ4v) is 4.21. The molecule has 1 fully saturated rings. The molecule has 1 heterocycles. The molecule has 3 N–H and O–H groups in total. The number of carbonyl (C=O) groups is 1. The van der Waals surface area contributed by atoms with E-state index < -0.39 is 0 Å². The molecule has 0 aromatic carbocycles. The van der Waals surface area contributed by atoms with Crippen LogP contribution in [-0.4, -0.2) is 40.3 Å². The number of aromatic nitrogens is 2. The summed E-state index contributed by atoms with van der Waals surface area (Å²) in [5, 5.41) is 14.7. The zero-order valence-electron chi connectivity index (χ0n) is 19.1. The molecule has 0 radical (unpaired) electrons. The van der Waals surface area contributed by atoms with Gasteiger partial charge in [0.25, 0.3) is 0 Å². The molecule has 1 aliphatic carbocycles. The number of hydrogen-bond acceptors (Lipinski definition) is 3. The Labute approximate surface area is 176 Å². The molecular weight excluding hydrogens is 364 g/mol. The number of rotatable bonds is 8. The summed E-state index contributed by atoms with van der Waals surface area (Å²) < 4.78 is 1.99. The monoisotopic (exact) mass is 404 g/mol. The molecule has 7 nitrogen and oxygen atoms in total. The lowest BCUT2D eigenvalue weighted by Gasteiger charge is -2.30. The number of nitrogens with one attached hydrogen (secondary N) is 3. The average Bonchev–Trinajstić information content (AvgIpc) is 3.00. The van der Waals surface area contributed by atoms with E-state index in [1.165, 1.54) is 11.3 Å². The van der Waals surface area contributed by atoms with Crippen molar-refractivity contribution in [3.8, 4) is 0 Å². The van der Waals surface area contributed by atoms with Gasteiger partial charge in [-0.3, -0.25) is 9.48 Å². The van der Waals surface area contributed by atoms with E-state index in [-0.39, 0.29) is 23.9 Å². The van der Waals surface area contributed by atoms with Gasteiger partial charge in [-0.25, -0.2) is 4.99 Å². The number of guanidine groups is 1. The third-order valence-electron chi connectivity index (χ3n) is 5.58. The van der Waals surface area contributed by atoms with Gasteiger partial charge in [-0.15, -0.1) is 0 Å². The van der Waals surface area contributed by atoms with Crippen LogP contribution in [0.2, 0.25) is 0 Å². The number of nitrogens with zero attached hydrogens (tertiary/aromatic N) is 3. The van der Waals surface area contributed by atoms with E-state index in [4.69, 9.17) is 4.99 Å². The summed E-state index contributed by atoms with van der Waals surface area (Å²) in [5.41, 5.74) is 3.63. The minimum atomic E-state index is 0.0863. The minimum Gasteiger partial charge on any atom is -0.357 e. The maximum atomic E-state index is 12.4. The van der Waals surface area contributed by atoms with Crippen LogP contribution in [0.15, 0.2) is 4.99 Å². The standard InChI is InChI=1S/C22H40N6O/c1-7-19-18(20(8-2)28(6)27-19)14-24-22(23-9-3)26-17-12-10-11-16(13-17)21(29)25-15(4)5/h15-17H,7-14H2,1-6H3,(H,25,29)(H2,23,24,26). The van der Waals surface area contributed by atoms with Crippen LogP contribution in [0, 0.1) is 5.92 Å². The van der Waals surface area contributed by atoms with E-state index in [2.05, 4.69) is 41.8 Å². The van der Waals surface area contributed by atoms with Crippen LogP contribution >= 0.6 is 0 Å². The fourth-order valence-electron chi connectivity index (χ4n) is 4.21. The van der Waals surface area contributed by atoms with Crippen LogP contribution in [0.4, 0.5) is 0 Å². The summed E-state index contributed by atoms with van der Waals surface area (Å²) >= 11 is 0. The molecule has 0 spiro atoms. The van der Waals surface area contributed by atoms with E-state index in [9.17, 15) is 4.79 Å². The predicted octanol–water partition coefficient (Wildman–Crippen LogP) is 2.68. The van der Waals surface area contributed by atoms with Crippen molar-refractivity contribution in [2.75, 3.05) is 6.54 Å². The highest BCUT2D eigenvalue weighted by Crippen LogP contribution is 2.25. The van der Waals surface area contributed by atoms with Crippen molar-refractivity contribution < 1.29 is 4.79 Å². The van der Waals surface area contributed by atoms with Crippen molar-refractivity contribution in [2.24, 2.45) is 18.0 Å². The highest BCUT2D eigenvalue weighted by Gasteiger charge is 2.28. The molecule has 1 aliphatic rings. The maximum Gasteiger partial charge on any atom is 0.223 e. The van der Waals surface area contributed by atoms with E-state index in [0.29, 0.717) is 6.54 Å². The van der Waals surface area contributed by atoms with Crippen LogP contribution in [-0.2, 0) is 31.2 Å². The van der Waals surface area contributed by atoms with Crippen LogP contribution in [0.3, 0.4) is 0 Å². The van der Waals surface area contributed by atoms with Gasteiger partial charge in [0.1, 0.15) is 0 Å². The summed E-state index contributed by atoms with van der Waals surface area (Å²) in [5.74, 6) is 1.10. The van der Waals surface area contributed by atoms with Gasteiger partial charge in [0.05, 0.1) is 12.2 Å². The van der Waals surface area contributed by atoms with E-state index in [1.807, 2.05) is 25.6 Å². The first-order valence-corrected chi connectivity index (χ1v) is 11.3. The molecule has 0 saturated heterocycles. The zero-order chi connectivity index (χ0) is 21.4. The van der Waals surface area contributed by atoms with Gasteiger partial charge in [0.15, 0.2) is 5.96 Å². The van der Waals surface area contributed by atoms with Gasteiger partial charge in [0, 0.05) is 42.9 Å². The van der Waals surface area contributed by atoms with Crippen LogP contribution < -0.4 is 16.0 Å². The molecular formula is C22H40N6O. The Bertz CT molecular complexity index is 694. The number of carbonyl (C=O) groups excluding carboxylic acids is 1. The zero-order valence-corrected chi connectivity index (χ0v) is 19.1. The fraction of sp³-hybridized carbons (Fsp3) is 0.773. The number of hydrogen-bond donors (Lipinski definition) is 3. The molecule has 1 aromatic rings. The van der Waals surface area contributed by atoms with E-state index in [0.717, 1.165) is 56.7 Å². The first-order valence-electron chi connectivity index (χ1n) is 11.3. The highest BCUT2D eigenvalue weighted by atomic mass is 16.1. The van der Waals surface area contributed by atoms with E-state index >= 15 is 0 Å².